The molecule has 23 heavy (non-hydrogen) atoms. The molecule has 126 valence electrons. The third-order valence-electron chi connectivity index (χ3n) is 4.24. The molecule has 5 nitrogen and oxygen atoms in total. The minimum atomic E-state index is -0.404. The number of benzene rings is 1. The summed E-state index contributed by atoms with van der Waals surface area (Å²) in [6, 6.07) is 5.18. The van der Waals surface area contributed by atoms with Gasteiger partial charge in [-0.1, -0.05) is 19.9 Å². The van der Waals surface area contributed by atoms with Crippen molar-refractivity contribution in [2.24, 2.45) is 11.8 Å². The first-order chi connectivity index (χ1) is 10.9. The minimum Gasteiger partial charge on any atom is -0.465 e. The van der Waals surface area contributed by atoms with Crippen LogP contribution in [0.3, 0.4) is 0 Å². The monoisotopic (exact) mass is 318 g/mol. The van der Waals surface area contributed by atoms with Gasteiger partial charge < -0.3 is 10.1 Å². The van der Waals surface area contributed by atoms with Crippen LogP contribution in [0.5, 0.6) is 0 Å². The van der Waals surface area contributed by atoms with Crippen molar-refractivity contribution in [1.29, 1.82) is 0 Å². The fraction of sp³-hybridized carbons (Fsp3) is 0.556. The lowest BCUT2D eigenvalue weighted by Gasteiger charge is -2.34. The highest BCUT2D eigenvalue weighted by Crippen LogP contribution is 2.21. The van der Waals surface area contributed by atoms with Gasteiger partial charge in [-0.25, -0.2) is 4.79 Å². The number of carbonyl (C=O) groups is 2. The van der Waals surface area contributed by atoms with Crippen molar-refractivity contribution < 1.29 is 14.3 Å². The predicted molar refractivity (Wildman–Crippen MR) is 90.5 cm³/mol. The Labute approximate surface area is 138 Å². The van der Waals surface area contributed by atoms with Gasteiger partial charge in [0, 0.05) is 18.8 Å². The average Bonchev–Trinajstić information content (AvgIpc) is 2.47. The molecular weight excluding hydrogens is 292 g/mol. The van der Waals surface area contributed by atoms with Crippen LogP contribution in [0.2, 0.25) is 0 Å². The maximum Gasteiger partial charge on any atom is 0.337 e. The van der Waals surface area contributed by atoms with Crippen LogP contribution >= 0.6 is 0 Å². The first-order valence-corrected chi connectivity index (χ1v) is 8.10. The van der Waals surface area contributed by atoms with Crippen molar-refractivity contribution in [3.05, 3.63) is 29.3 Å². The van der Waals surface area contributed by atoms with Gasteiger partial charge in [-0.05, 0) is 42.9 Å². The number of carbonyl (C=O) groups excluding carboxylic acids is 2. The number of ether oxygens (including phenoxy) is 1. The van der Waals surface area contributed by atoms with Crippen LogP contribution in [-0.4, -0.2) is 43.5 Å². The Hall–Kier alpha value is -1.88. The van der Waals surface area contributed by atoms with Gasteiger partial charge in [-0.15, -0.1) is 0 Å². The minimum absolute atomic E-state index is 0.0450. The van der Waals surface area contributed by atoms with Gasteiger partial charge in [-0.3, -0.25) is 9.69 Å². The summed E-state index contributed by atoms with van der Waals surface area (Å²) in [7, 11) is 1.35. The molecule has 2 rings (SSSR count). The van der Waals surface area contributed by atoms with E-state index in [4.69, 9.17) is 4.74 Å². The van der Waals surface area contributed by atoms with E-state index in [0.717, 1.165) is 18.7 Å². The Bertz CT molecular complexity index is 576. The van der Waals surface area contributed by atoms with Crippen molar-refractivity contribution in [1.82, 2.24) is 4.90 Å². The second kappa shape index (κ2) is 7.59. The van der Waals surface area contributed by atoms with E-state index in [1.807, 2.05) is 13.0 Å². The number of anilines is 1. The molecule has 5 heteroatoms. The van der Waals surface area contributed by atoms with Crippen LogP contribution < -0.4 is 5.32 Å². The summed E-state index contributed by atoms with van der Waals surface area (Å²) < 4.78 is 4.72. The second-order valence-corrected chi connectivity index (χ2v) is 6.71. The van der Waals surface area contributed by atoms with Crippen LogP contribution in [0.4, 0.5) is 5.69 Å². The standard InChI is InChI=1S/C18H26N2O3/c1-12-7-13(2)10-20(9-12)11-17(21)19-16-8-15(18(22)23-4)6-5-14(16)3/h5-6,8,12-13H,7,9-11H2,1-4H3,(H,19,21)/t12-,13-/m0/s1. The Morgan fingerprint density at radius 3 is 2.52 bits per heavy atom. The van der Waals surface area contributed by atoms with Crippen molar-refractivity contribution in [2.75, 3.05) is 32.1 Å². The number of piperidine rings is 1. The van der Waals surface area contributed by atoms with Crippen LogP contribution in [0.15, 0.2) is 18.2 Å². The third kappa shape index (κ3) is 4.79. The van der Waals surface area contributed by atoms with E-state index in [9.17, 15) is 9.59 Å². The molecule has 1 N–H and O–H groups in total. The van der Waals surface area contributed by atoms with Crippen LogP contribution in [0, 0.1) is 18.8 Å². The molecule has 2 atom stereocenters. The highest BCUT2D eigenvalue weighted by atomic mass is 16.5. The summed E-state index contributed by atoms with van der Waals surface area (Å²) in [6.45, 7) is 8.66. The van der Waals surface area contributed by atoms with Gasteiger partial charge in [0.05, 0.1) is 19.2 Å². The predicted octanol–water partition coefficient (Wildman–Crippen LogP) is 2.70. The Morgan fingerprint density at radius 2 is 1.91 bits per heavy atom. The fourth-order valence-electron chi connectivity index (χ4n) is 3.32. The average molecular weight is 318 g/mol. The number of hydrogen-bond donors (Lipinski definition) is 1. The zero-order chi connectivity index (χ0) is 17.0. The highest BCUT2D eigenvalue weighted by molar-refractivity contribution is 5.96. The molecule has 1 fully saturated rings. The number of likely N-dealkylation sites (tertiary alicyclic amines) is 1. The zero-order valence-electron chi connectivity index (χ0n) is 14.4. The van der Waals surface area contributed by atoms with E-state index in [-0.39, 0.29) is 5.91 Å². The molecular formula is C18H26N2O3. The molecule has 0 aliphatic carbocycles. The number of aryl methyl sites for hydroxylation is 1. The summed E-state index contributed by atoms with van der Waals surface area (Å²) in [5.74, 6) is 0.794. The molecule has 1 aromatic rings. The summed E-state index contributed by atoms with van der Waals surface area (Å²) in [4.78, 5) is 26.1. The number of hydrogen-bond acceptors (Lipinski definition) is 4. The molecule has 1 amide bonds. The molecule has 1 heterocycles. The first-order valence-electron chi connectivity index (χ1n) is 8.10. The molecule has 1 aromatic carbocycles. The van der Waals surface area contributed by atoms with Crippen LogP contribution in [0.25, 0.3) is 0 Å². The largest absolute Gasteiger partial charge is 0.465 e. The van der Waals surface area contributed by atoms with Gasteiger partial charge in [0.2, 0.25) is 5.91 Å². The van der Waals surface area contributed by atoms with E-state index < -0.39 is 5.97 Å². The maximum atomic E-state index is 12.3. The van der Waals surface area contributed by atoms with E-state index in [1.165, 1.54) is 13.5 Å². The van der Waals surface area contributed by atoms with Gasteiger partial charge in [0.1, 0.15) is 0 Å². The first kappa shape index (κ1) is 17.5. The molecule has 1 saturated heterocycles. The molecule has 0 spiro atoms. The number of rotatable bonds is 4. The summed E-state index contributed by atoms with van der Waals surface area (Å²) in [5.41, 5.74) is 2.02. The lowest BCUT2D eigenvalue weighted by atomic mass is 9.92. The van der Waals surface area contributed by atoms with Gasteiger partial charge >= 0.3 is 5.97 Å². The topological polar surface area (TPSA) is 58.6 Å². The van der Waals surface area contributed by atoms with Crippen molar-refractivity contribution in [2.45, 2.75) is 27.2 Å². The van der Waals surface area contributed by atoms with Crippen molar-refractivity contribution in [3.63, 3.8) is 0 Å². The molecule has 0 radical (unpaired) electrons. The molecule has 0 aromatic heterocycles. The van der Waals surface area contributed by atoms with E-state index >= 15 is 0 Å². The zero-order valence-corrected chi connectivity index (χ0v) is 14.4. The van der Waals surface area contributed by atoms with Crippen molar-refractivity contribution >= 4 is 17.6 Å². The molecule has 0 saturated carbocycles. The number of nitrogens with zero attached hydrogens (tertiary/aromatic N) is 1. The quantitative estimate of drug-likeness (QED) is 0.867. The Balaban J connectivity index is 2.01. The van der Waals surface area contributed by atoms with Gasteiger partial charge in [0.15, 0.2) is 0 Å². The Kier molecular flexibility index (Phi) is 5.77. The lowest BCUT2D eigenvalue weighted by Crippen LogP contribution is -2.42. The fourth-order valence-corrected chi connectivity index (χ4v) is 3.32. The molecule has 1 aliphatic heterocycles. The molecule has 0 unspecified atom stereocenters. The smallest absolute Gasteiger partial charge is 0.337 e. The molecule has 1 aliphatic rings. The van der Waals surface area contributed by atoms with Crippen molar-refractivity contribution in [3.8, 4) is 0 Å². The van der Waals surface area contributed by atoms with Crippen LogP contribution in [-0.2, 0) is 9.53 Å². The van der Waals surface area contributed by atoms with Crippen LogP contribution in [0.1, 0.15) is 36.2 Å². The second-order valence-electron chi connectivity index (χ2n) is 6.71. The lowest BCUT2D eigenvalue weighted by molar-refractivity contribution is -0.117. The molecule has 0 bridgehead atoms. The number of nitrogens with one attached hydrogen (secondary N) is 1. The summed E-state index contributed by atoms with van der Waals surface area (Å²) in [5, 5.41) is 2.92. The van der Waals surface area contributed by atoms with Gasteiger partial charge in [0.25, 0.3) is 0 Å². The van der Waals surface area contributed by atoms with E-state index in [0.29, 0.717) is 29.6 Å². The number of methoxy groups -OCH3 is 1. The third-order valence-corrected chi connectivity index (χ3v) is 4.24. The number of esters is 1. The number of amides is 1. The Morgan fingerprint density at radius 1 is 1.26 bits per heavy atom. The van der Waals surface area contributed by atoms with E-state index in [1.54, 1.807) is 12.1 Å². The summed E-state index contributed by atoms with van der Waals surface area (Å²) in [6.07, 6.45) is 1.22. The van der Waals surface area contributed by atoms with E-state index in [2.05, 4.69) is 24.1 Å². The maximum absolute atomic E-state index is 12.3. The SMILES string of the molecule is COC(=O)c1ccc(C)c(NC(=O)CN2C[C@@H](C)C[C@H](C)C2)c1. The van der Waals surface area contributed by atoms with Gasteiger partial charge in [-0.2, -0.15) is 0 Å². The highest BCUT2D eigenvalue weighted by Gasteiger charge is 2.23. The normalized spacial score (nSPS) is 21.7. The summed E-state index contributed by atoms with van der Waals surface area (Å²) >= 11 is 0.